The molecule has 1 atom stereocenters. The van der Waals surface area contributed by atoms with E-state index in [4.69, 9.17) is 23.7 Å². The fraction of sp³-hybridized carbons (Fsp3) is 0.559. The third-order valence-corrected chi connectivity index (χ3v) is 10.6. The van der Waals surface area contributed by atoms with Gasteiger partial charge in [0.1, 0.15) is 0 Å². The SMILES string of the molecule is CCOC(=O)C1(CC2CC2)CNC(=O)CCCN(S(=O)(=O)c2ccc3c(c2)OCCCO3)CCNC(=O)COc2cc(ccc2OC)C1. The Morgan fingerprint density at radius 3 is 2.50 bits per heavy atom. The number of esters is 1. The molecule has 2 N–H and O–H groups in total. The van der Waals surface area contributed by atoms with E-state index in [2.05, 4.69) is 10.6 Å². The second kappa shape index (κ2) is 15.9. The molecule has 3 aliphatic rings. The molecule has 0 saturated heterocycles. The normalized spacial score (nSPS) is 21.7. The number of fused-ring (bicyclic) bond motifs is 3. The second-order valence-corrected chi connectivity index (χ2v) is 14.3. The number of carbonyl (C=O) groups excluding carboxylic acids is 3. The highest BCUT2D eigenvalue weighted by Crippen LogP contribution is 2.43. The lowest BCUT2D eigenvalue weighted by atomic mass is 9.76. The van der Waals surface area contributed by atoms with E-state index in [0.29, 0.717) is 55.0 Å². The molecule has 14 heteroatoms. The topological polar surface area (TPSA) is 159 Å². The number of nitrogens with one attached hydrogen (secondary N) is 2. The van der Waals surface area contributed by atoms with Gasteiger partial charge in [-0.15, -0.1) is 0 Å². The summed E-state index contributed by atoms with van der Waals surface area (Å²) >= 11 is 0. The zero-order chi connectivity index (χ0) is 34.1. The summed E-state index contributed by atoms with van der Waals surface area (Å²) < 4.78 is 57.2. The van der Waals surface area contributed by atoms with Gasteiger partial charge >= 0.3 is 5.97 Å². The Morgan fingerprint density at radius 1 is 0.958 bits per heavy atom. The van der Waals surface area contributed by atoms with Crippen molar-refractivity contribution in [3.8, 4) is 23.0 Å². The van der Waals surface area contributed by atoms with Crippen LogP contribution in [0.4, 0.5) is 0 Å². The Labute approximate surface area is 281 Å². The Hall–Kier alpha value is -4.04. The maximum absolute atomic E-state index is 13.9. The van der Waals surface area contributed by atoms with Crippen molar-refractivity contribution in [3.63, 3.8) is 0 Å². The molecule has 48 heavy (non-hydrogen) atoms. The minimum atomic E-state index is -4.05. The number of nitrogens with zero attached hydrogens (tertiary/aromatic N) is 1. The predicted octanol–water partition coefficient (Wildman–Crippen LogP) is 2.84. The molecule has 1 aliphatic carbocycles. The van der Waals surface area contributed by atoms with Gasteiger partial charge in [0, 0.05) is 45.1 Å². The Bertz CT molecular complexity index is 1580. The van der Waals surface area contributed by atoms with E-state index >= 15 is 0 Å². The minimum absolute atomic E-state index is 0.0125. The van der Waals surface area contributed by atoms with Crippen molar-refractivity contribution in [1.29, 1.82) is 0 Å². The van der Waals surface area contributed by atoms with Crippen LogP contribution in [0.5, 0.6) is 23.0 Å². The van der Waals surface area contributed by atoms with Crippen LogP contribution in [0.1, 0.15) is 51.0 Å². The molecular formula is C34H45N3O10S. The largest absolute Gasteiger partial charge is 0.493 e. The summed E-state index contributed by atoms with van der Waals surface area (Å²) in [6.45, 7) is 2.52. The number of sulfonamides is 1. The van der Waals surface area contributed by atoms with Crippen molar-refractivity contribution in [3.05, 3.63) is 42.0 Å². The van der Waals surface area contributed by atoms with E-state index in [-0.39, 0.29) is 69.5 Å². The average molecular weight is 688 g/mol. The third kappa shape index (κ3) is 8.90. The molecule has 1 saturated carbocycles. The van der Waals surface area contributed by atoms with E-state index in [1.54, 1.807) is 25.1 Å². The first kappa shape index (κ1) is 35.3. The lowest BCUT2D eigenvalue weighted by Crippen LogP contribution is -2.46. The summed E-state index contributed by atoms with van der Waals surface area (Å²) in [6.07, 6.45) is 3.72. The molecule has 0 radical (unpaired) electrons. The van der Waals surface area contributed by atoms with Gasteiger partial charge in [-0.1, -0.05) is 18.9 Å². The van der Waals surface area contributed by atoms with Crippen LogP contribution in [0.2, 0.25) is 0 Å². The highest BCUT2D eigenvalue weighted by molar-refractivity contribution is 7.89. The van der Waals surface area contributed by atoms with Crippen molar-refractivity contribution in [2.45, 2.75) is 56.8 Å². The van der Waals surface area contributed by atoms with Gasteiger partial charge in [-0.3, -0.25) is 14.4 Å². The first-order chi connectivity index (χ1) is 23.1. The van der Waals surface area contributed by atoms with E-state index in [1.807, 2.05) is 6.07 Å². The van der Waals surface area contributed by atoms with Crippen LogP contribution in [0.15, 0.2) is 41.3 Å². The predicted molar refractivity (Wildman–Crippen MR) is 175 cm³/mol. The first-order valence-corrected chi connectivity index (χ1v) is 18.0. The molecule has 1 unspecified atom stereocenters. The van der Waals surface area contributed by atoms with Crippen molar-refractivity contribution in [1.82, 2.24) is 14.9 Å². The molecule has 2 heterocycles. The first-order valence-electron chi connectivity index (χ1n) is 16.5. The zero-order valence-corrected chi connectivity index (χ0v) is 28.4. The molecule has 1 fully saturated rings. The van der Waals surface area contributed by atoms with Gasteiger partial charge < -0.3 is 34.3 Å². The number of ether oxygens (including phenoxy) is 5. The summed E-state index contributed by atoms with van der Waals surface area (Å²) in [7, 11) is -2.56. The van der Waals surface area contributed by atoms with Crippen LogP contribution in [0, 0.1) is 11.3 Å². The molecule has 262 valence electrons. The van der Waals surface area contributed by atoms with Gasteiger partial charge in [-0.25, -0.2) is 8.42 Å². The molecular weight excluding hydrogens is 642 g/mol. The maximum atomic E-state index is 13.9. The smallest absolute Gasteiger partial charge is 0.314 e. The van der Waals surface area contributed by atoms with Crippen LogP contribution in [0.25, 0.3) is 0 Å². The maximum Gasteiger partial charge on any atom is 0.314 e. The van der Waals surface area contributed by atoms with Gasteiger partial charge in [-0.2, -0.15) is 4.31 Å². The van der Waals surface area contributed by atoms with Gasteiger partial charge in [0.2, 0.25) is 15.9 Å². The van der Waals surface area contributed by atoms with Crippen LogP contribution >= 0.6 is 0 Å². The highest BCUT2D eigenvalue weighted by atomic mass is 32.2. The molecule has 2 aliphatic heterocycles. The average Bonchev–Trinajstić information content (AvgIpc) is 3.92. The summed E-state index contributed by atoms with van der Waals surface area (Å²) in [5.41, 5.74) is -0.264. The van der Waals surface area contributed by atoms with Crippen LogP contribution in [-0.4, -0.2) is 90.2 Å². The van der Waals surface area contributed by atoms with Gasteiger partial charge in [0.05, 0.1) is 37.2 Å². The van der Waals surface area contributed by atoms with E-state index < -0.39 is 27.3 Å². The number of hydrogen-bond donors (Lipinski definition) is 2. The van der Waals surface area contributed by atoms with Crippen LogP contribution < -0.4 is 29.6 Å². The number of rotatable bonds is 7. The quantitative estimate of drug-likeness (QED) is 0.415. The number of hydrogen-bond acceptors (Lipinski definition) is 10. The minimum Gasteiger partial charge on any atom is -0.493 e. The third-order valence-electron chi connectivity index (χ3n) is 8.69. The van der Waals surface area contributed by atoms with Crippen molar-refractivity contribution in [2.75, 3.05) is 59.7 Å². The number of amides is 2. The Morgan fingerprint density at radius 2 is 1.75 bits per heavy atom. The fourth-order valence-corrected chi connectivity index (χ4v) is 7.51. The standard InChI is InChI=1S/C34H45N3O10S/c1-3-44-33(40)34(20-24-7-8-24)21-25-9-11-27(43-2)29(18-25)47-22-32(39)35-13-15-37(14-4-6-31(38)36-23-34)48(41,42)26-10-12-28-30(19-26)46-17-5-16-45-28/h9-12,18-19,24H,3-8,13-17,20-23H2,1-2H3,(H,35,39)(H,36,38). The van der Waals surface area contributed by atoms with Crippen molar-refractivity contribution in [2.24, 2.45) is 11.3 Å². The molecule has 2 aromatic rings. The zero-order valence-electron chi connectivity index (χ0n) is 27.6. The van der Waals surface area contributed by atoms with E-state index in [0.717, 1.165) is 18.4 Å². The Kier molecular flexibility index (Phi) is 11.7. The van der Waals surface area contributed by atoms with E-state index in [1.165, 1.54) is 23.5 Å². The van der Waals surface area contributed by atoms with Gasteiger partial charge in [-0.05, 0) is 61.9 Å². The molecule has 2 bridgehead atoms. The number of benzene rings is 2. The van der Waals surface area contributed by atoms with Crippen LogP contribution in [0.3, 0.4) is 0 Å². The fourth-order valence-electron chi connectivity index (χ4n) is 6.02. The summed E-state index contributed by atoms with van der Waals surface area (Å²) in [6, 6.07) is 9.77. The second-order valence-electron chi connectivity index (χ2n) is 12.4. The molecule has 0 spiro atoms. The van der Waals surface area contributed by atoms with Gasteiger partial charge in [0.25, 0.3) is 5.91 Å². The van der Waals surface area contributed by atoms with Crippen LogP contribution in [-0.2, 0) is 35.6 Å². The van der Waals surface area contributed by atoms with E-state index in [9.17, 15) is 22.8 Å². The highest BCUT2D eigenvalue weighted by Gasteiger charge is 2.45. The summed E-state index contributed by atoms with van der Waals surface area (Å²) in [5, 5.41) is 5.69. The van der Waals surface area contributed by atoms with Gasteiger partial charge in [0.15, 0.2) is 29.6 Å². The number of methoxy groups -OCH3 is 1. The monoisotopic (exact) mass is 687 g/mol. The molecule has 2 amide bonds. The summed E-state index contributed by atoms with van der Waals surface area (Å²) in [4.78, 5) is 39.7. The molecule has 5 rings (SSSR count). The lowest BCUT2D eigenvalue weighted by molar-refractivity contribution is -0.156. The Balaban J connectivity index is 1.41. The summed E-state index contributed by atoms with van der Waals surface area (Å²) in [5.74, 6) is 0.727. The number of carbonyl (C=O) groups is 3. The van der Waals surface area contributed by atoms with Crippen molar-refractivity contribution < 1.29 is 46.5 Å². The molecule has 2 aromatic carbocycles. The molecule has 0 aromatic heterocycles. The lowest BCUT2D eigenvalue weighted by Gasteiger charge is -2.32. The molecule has 13 nitrogen and oxygen atoms in total. The van der Waals surface area contributed by atoms with Crippen molar-refractivity contribution >= 4 is 27.8 Å².